The molecular formula is C16H11BrN2O. The minimum absolute atomic E-state index is 0.0403. The van der Waals surface area contributed by atoms with Crippen LogP contribution in [-0.4, -0.2) is 12.5 Å². The van der Waals surface area contributed by atoms with Crippen molar-refractivity contribution in [3.63, 3.8) is 0 Å². The Hall–Kier alpha value is -2.12. The third-order valence-electron chi connectivity index (χ3n) is 3.47. The molecular weight excluding hydrogens is 316 g/mol. The summed E-state index contributed by atoms with van der Waals surface area (Å²) in [7, 11) is 0. The van der Waals surface area contributed by atoms with Crippen molar-refractivity contribution in [1.29, 1.82) is 5.26 Å². The first-order valence-electron chi connectivity index (χ1n) is 6.30. The zero-order valence-corrected chi connectivity index (χ0v) is 12.2. The molecule has 0 aliphatic carbocycles. The van der Waals surface area contributed by atoms with Crippen LogP contribution >= 0.6 is 15.9 Å². The molecule has 1 aliphatic heterocycles. The van der Waals surface area contributed by atoms with Crippen molar-refractivity contribution in [3.05, 3.63) is 63.6 Å². The van der Waals surface area contributed by atoms with E-state index in [0.717, 1.165) is 22.0 Å². The fourth-order valence-electron chi connectivity index (χ4n) is 2.48. The van der Waals surface area contributed by atoms with Crippen molar-refractivity contribution in [2.75, 3.05) is 11.4 Å². The maximum atomic E-state index is 12.6. The zero-order valence-electron chi connectivity index (χ0n) is 10.6. The van der Waals surface area contributed by atoms with Crippen LogP contribution in [0.5, 0.6) is 0 Å². The van der Waals surface area contributed by atoms with Gasteiger partial charge in [-0.15, -0.1) is 0 Å². The highest BCUT2D eigenvalue weighted by Crippen LogP contribution is 2.29. The van der Waals surface area contributed by atoms with E-state index >= 15 is 0 Å². The lowest BCUT2D eigenvalue weighted by molar-refractivity contribution is 0.0980. The van der Waals surface area contributed by atoms with E-state index in [-0.39, 0.29) is 5.91 Å². The number of carbonyl (C=O) groups is 1. The number of carbonyl (C=O) groups excluding carboxylic acids is 1. The van der Waals surface area contributed by atoms with Crippen LogP contribution in [0, 0.1) is 11.3 Å². The smallest absolute Gasteiger partial charge is 0.258 e. The number of nitriles is 1. The minimum Gasteiger partial charge on any atom is -0.307 e. The first-order chi connectivity index (χ1) is 9.70. The first kappa shape index (κ1) is 12.9. The molecule has 0 bridgehead atoms. The summed E-state index contributed by atoms with van der Waals surface area (Å²) in [5, 5.41) is 9.22. The predicted molar refractivity (Wildman–Crippen MR) is 80.7 cm³/mol. The standard InChI is InChI=1S/C16H11BrN2O/c17-13-6-5-12(10-18)15(9-13)19-8-7-11-3-1-2-4-14(11)16(19)20/h1-6,9H,7-8H2. The van der Waals surface area contributed by atoms with Gasteiger partial charge in [0.1, 0.15) is 6.07 Å². The molecule has 0 atom stereocenters. The molecule has 0 fully saturated rings. The number of hydrogen-bond donors (Lipinski definition) is 0. The lowest BCUT2D eigenvalue weighted by Gasteiger charge is -2.29. The average molecular weight is 327 g/mol. The molecule has 0 spiro atoms. The number of amides is 1. The summed E-state index contributed by atoms with van der Waals surface area (Å²) < 4.78 is 0.859. The van der Waals surface area contributed by atoms with Crippen LogP contribution in [0.15, 0.2) is 46.9 Å². The van der Waals surface area contributed by atoms with E-state index < -0.39 is 0 Å². The van der Waals surface area contributed by atoms with Crippen molar-refractivity contribution < 1.29 is 4.79 Å². The van der Waals surface area contributed by atoms with Gasteiger partial charge in [0.2, 0.25) is 0 Å². The number of halogens is 1. The molecule has 2 aromatic carbocycles. The largest absolute Gasteiger partial charge is 0.307 e. The van der Waals surface area contributed by atoms with Gasteiger partial charge in [0.05, 0.1) is 11.3 Å². The van der Waals surface area contributed by atoms with E-state index in [4.69, 9.17) is 0 Å². The summed E-state index contributed by atoms with van der Waals surface area (Å²) in [5.74, 6) is -0.0403. The van der Waals surface area contributed by atoms with E-state index in [0.29, 0.717) is 17.8 Å². The van der Waals surface area contributed by atoms with Gasteiger partial charge in [0.25, 0.3) is 5.91 Å². The molecule has 1 heterocycles. The van der Waals surface area contributed by atoms with E-state index in [9.17, 15) is 10.1 Å². The molecule has 0 aromatic heterocycles. The molecule has 0 N–H and O–H groups in total. The highest BCUT2D eigenvalue weighted by atomic mass is 79.9. The maximum Gasteiger partial charge on any atom is 0.258 e. The van der Waals surface area contributed by atoms with E-state index in [1.54, 1.807) is 11.0 Å². The summed E-state index contributed by atoms with van der Waals surface area (Å²) in [5.41, 5.74) is 2.98. The van der Waals surface area contributed by atoms with Gasteiger partial charge in [-0.1, -0.05) is 34.1 Å². The third-order valence-corrected chi connectivity index (χ3v) is 3.96. The van der Waals surface area contributed by atoms with E-state index in [1.165, 1.54) is 0 Å². The first-order valence-corrected chi connectivity index (χ1v) is 7.09. The maximum absolute atomic E-state index is 12.6. The highest BCUT2D eigenvalue weighted by molar-refractivity contribution is 9.10. The van der Waals surface area contributed by atoms with Gasteiger partial charge in [-0.3, -0.25) is 4.79 Å². The van der Waals surface area contributed by atoms with E-state index in [1.807, 2.05) is 36.4 Å². The van der Waals surface area contributed by atoms with E-state index in [2.05, 4.69) is 22.0 Å². The van der Waals surface area contributed by atoms with Crippen molar-refractivity contribution in [1.82, 2.24) is 0 Å². The van der Waals surface area contributed by atoms with Crippen LogP contribution in [-0.2, 0) is 6.42 Å². The lowest BCUT2D eigenvalue weighted by atomic mass is 9.98. The normalized spacial score (nSPS) is 13.8. The Labute approximate surface area is 125 Å². The zero-order chi connectivity index (χ0) is 14.1. The molecule has 3 rings (SSSR count). The Morgan fingerprint density at radius 3 is 2.80 bits per heavy atom. The number of nitrogens with zero attached hydrogens (tertiary/aromatic N) is 2. The monoisotopic (exact) mass is 326 g/mol. The topological polar surface area (TPSA) is 44.1 Å². The Kier molecular flexibility index (Phi) is 3.29. The second kappa shape index (κ2) is 5.10. The summed E-state index contributed by atoms with van der Waals surface area (Å²) in [6.45, 7) is 0.598. The Bertz CT molecular complexity index is 733. The second-order valence-corrected chi connectivity index (χ2v) is 5.55. The van der Waals surface area contributed by atoms with Crippen molar-refractivity contribution in [2.45, 2.75) is 6.42 Å². The number of fused-ring (bicyclic) bond motifs is 1. The van der Waals surface area contributed by atoms with Crippen molar-refractivity contribution in [2.24, 2.45) is 0 Å². The molecule has 0 saturated heterocycles. The molecule has 3 nitrogen and oxygen atoms in total. The summed E-state index contributed by atoms with van der Waals surface area (Å²) in [4.78, 5) is 14.3. The number of rotatable bonds is 1. The lowest BCUT2D eigenvalue weighted by Crippen LogP contribution is -2.38. The van der Waals surface area contributed by atoms with Crippen molar-refractivity contribution >= 4 is 27.5 Å². The molecule has 0 saturated carbocycles. The molecule has 20 heavy (non-hydrogen) atoms. The van der Waals surface area contributed by atoms with Crippen LogP contribution in [0.25, 0.3) is 0 Å². The quantitative estimate of drug-likeness (QED) is 0.804. The average Bonchev–Trinajstić information content (AvgIpc) is 2.48. The Morgan fingerprint density at radius 2 is 2.00 bits per heavy atom. The molecule has 0 radical (unpaired) electrons. The Balaban J connectivity index is 2.08. The molecule has 1 aliphatic rings. The van der Waals surface area contributed by atoms with Gasteiger partial charge < -0.3 is 4.90 Å². The fourth-order valence-corrected chi connectivity index (χ4v) is 2.83. The molecule has 0 unspecified atom stereocenters. The highest BCUT2D eigenvalue weighted by Gasteiger charge is 2.26. The third kappa shape index (κ3) is 2.10. The van der Waals surface area contributed by atoms with Gasteiger partial charge in [-0.2, -0.15) is 5.26 Å². The summed E-state index contributed by atoms with van der Waals surface area (Å²) in [6, 6.07) is 15.2. The molecule has 4 heteroatoms. The van der Waals surface area contributed by atoms with Crippen LogP contribution in [0.3, 0.4) is 0 Å². The molecule has 1 amide bonds. The Morgan fingerprint density at radius 1 is 1.20 bits per heavy atom. The van der Waals surface area contributed by atoms with Gasteiger partial charge in [-0.25, -0.2) is 0 Å². The summed E-state index contributed by atoms with van der Waals surface area (Å²) >= 11 is 3.40. The fraction of sp³-hybridized carbons (Fsp3) is 0.125. The predicted octanol–water partition coefficient (Wildman–Crippen LogP) is 3.52. The van der Waals surface area contributed by atoms with Crippen LogP contribution in [0.4, 0.5) is 5.69 Å². The number of hydrogen-bond acceptors (Lipinski definition) is 2. The van der Waals surface area contributed by atoms with Gasteiger partial charge in [-0.05, 0) is 36.2 Å². The molecule has 98 valence electrons. The van der Waals surface area contributed by atoms with Crippen molar-refractivity contribution in [3.8, 4) is 6.07 Å². The number of anilines is 1. The SMILES string of the molecule is N#Cc1ccc(Br)cc1N1CCc2ccccc2C1=O. The summed E-state index contributed by atoms with van der Waals surface area (Å²) in [6.07, 6.45) is 0.805. The van der Waals surface area contributed by atoms with Crippen LogP contribution < -0.4 is 4.90 Å². The van der Waals surface area contributed by atoms with Gasteiger partial charge >= 0.3 is 0 Å². The van der Waals surface area contributed by atoms with Gasteiger partial charge in [0, 0.05) is 16.6 Å². The van der Waals surface area contributed by atoms with Crippen LogP contribution in [0.1, 0.15) is 21.5 Å². The van der Waals surface area contributed by atoms with Crippen LogP contribution in [0.2, 0.25) is 0 Å². The minimum atomic E-state index is -0.0403. The number of benzene rings is 2. The second-order valence-electron chi connectivity index (χ2n) is 4.64. The van der Waals surface area contributed by atoms with Gasteiger partial charge in [0.15, 0.2) is 0 Å². The molecule has 2 aromatic rings.